The van der Waals surface area contributed by atoms with Gasteiger partial charge in [-0.2, -0.15) is 8.78 Å². The highest BCUT2D eigenvalue weighted by Gasteiger charge is 2.28. The molecule has 2 rings (SSSR count). The van der Waals surface area contributed by atoms with Crippen LogP contribution < -0.4 is 4.74 Å². The molecule has 0 saturated carbocycles. The standard InChI is InChI=1S/C15H17F2NO4/c1-21-14(20)11-6-8-18(9-7-11)13(19)10-2-4-12(5-3-10)22-15(16)17/h2-5,11,15H,6-9H2,1H3. The summed E-state index contributed by atoms with van der Waals surface area (Å²) in [4.78, 5) is 25.4. The van der Waals surface area contributed by atoms with E-state index in [1.165, 1.54) is 31.4 Å². The summed E-state index contributed by atoms with van der Waals surface area (Å²) in [5, 5.41) is 0. The average molecular weight is 313 g/mol. The summed E-state index contributed by atoms with van der Waals surface area (Å²) in [6.07, 6.45) is 1.12. The maximum absolute atomic E-state index is 12.3. The number of halogens is 2. The molecule has 0 aromatic heterocycles. The number of hydrogen-bond donors (Lipinski definition) is 0. The Labute approximate surface area is 126 Å². The van der Waals surface area contributed by atoms with Gasteiger partial charge in [0.15, 0.2) is 0 Å². The van der Waals surface area contributed by atoms with E-state index in [-0.39, 0.29) is 23.5 Å². The summed E-state index contributed by atoms with van der Waals surface area (Å²) in [5.41, 5.74) is 0.401. The van der Waals surface area contributed by atoms with Crippen LogP contribution in [0.3, 0.4) is 0 Å². The monoisotopic (exact) mass is 313 g/mol. The Kier molecular flexibility index (Phi) is 5.30. The topological polar surface area (TPSA) is 55.8 Å². The molecule has 1 aliphatic heterocycles. The lowest BCUT2D eigenvalue weighted by molar-refractivity contribution is -0.146. The van der Waals surface area contributed by atoms with Gasteiger partial charge in [0, 0.05) is 18.7 Å². The molecule has 22 heavy (non-hydrogen) atoms. The van der Waals surface area contributed by atoms with E-state index in [2.05, 4.69) is 4.74 Å². The fraction of sp³-hybridized carbons (Fsp3) is 0.467. The second-order valence-corrected chi connectivity index (χ2v) is 4.99. The SMILES string of the molecule is COC(=O)C1CCN(C(=O)c2ccc(OC(F)F)cc2)CC1. The zero-order valence-electron chi connectivity index (χ0n) is 12.1. The highest BCUT2D eigenvalue weighted by atomic mass is 19.3. The van der Waals surface area contributed by atoms with E-state index in [1.807, 2.05) is 0 Å². The molecular weight excluding hydrogens is 296 g/mol. The lowest BCUT2D eigenvalue weighted by Crippen LogP contribution is -2.40. The van der Waals surface area contributed by atoms with Gasteiger partial charge in [-0.15, -0.1) is 0 Å². The first-order valence-corrected chi connectivity index (χ1v) is 6.93. The largest absolute Gasteiger partial charge is 0.469 e. The minimum atomic E-state index is -2.89. The van der Waals surface area contributed by atoms with Crippen molar-refractivity contribution in [2.45, 2.75) is 19.5 Å². The van der Waals surface area contributed by atoms with Crippen LogP contribution in [0.2, 0.25) is 0 Å². The van der Waals surface area contributed by atoms with Gasteiger partial charge in [-0.05, 0) is 37.1 Å². The van der Waals surface area contributed by atoms with E-state index in [4.69, 9.17) is 4.74 Å². The Morgan fingerprint density at radius 2 is 1.77 bits per heavy atom. The van der Waals surface area contributed by atoms with Crippen LogP contribution in [0, 0.1) is 5.92 Å². The molecule has 1 aromatic rings. The van der Waals surface area contributed by atoms with E-state index >= 15 is 0 Å². The van der Waals surface area contributed by atoms with E-state index in [0.29, 0.717) is 31.5 Å². The number of amides is 1. The molecule has 0 radical (unpaired) electrons. The molecule has 1 fully saturated rings. The fourth-order valence-electron chi connectivity index (χ4n) is 2.45. The molecule has 0 N–H and O–H groups in total. The van der Waals surface area contributed by atoms with Crippen LogP contribution in [-0.4, -0.2) is 43.6 Å². The number of alkyl halides is 2. The maximum Gasteiger partial charge on any atom is 0.387 e. The number of esters is 1. The number of ether oxygens (including phenoxy) is 2. The van der Waals surface area contributed by atoms with Crippen molar-refractivity contribution in [1.82, 2.24) is 4.90 Å². The van der Waals surface area contributed by atoms with Crippen molar-refractivity contribution >= 4 is 11.9 Å². The number of carbonyl (C=O) groups excluding carboxylic acids is 2. The van der Waals surface area contributed by atoms with Crippen molar-refractivity contribution in [2.75, 3.05) is 20.2 Å². The molecule has 1 amide bonds. The van der Waals surface area contributed by atoms with Gasteiger partial charge in [-0.3, -0.25) is 9.59 Å². The highest BCUT2D eigenvalue weighted by molar-refractivity contribution is 5.94. The van der Waals surface area contributed by atoms with Crippen molar-refractivity contribution < 1.29 is 27.8 Å². The number of nitrogens with zero attached hydrogens (tertiary/aromatic N) is 1. The van der Waals surface area contributed by atoms with Gasteiger partial charge < -0.3 is 14.4 Å². The van der Waals surface area contributed by atoms with Crippen LogP contribution in [0.1, 0.15) is 23.2 Å². The first-order chi connectivity index (χ1) is 10.5. The van der Waals surface area contributed by atoms with Crippen LogP contribution in [0.4, 0.5) is 8.78 Å². The number of benzene rings is 1. The molecule has 0 unspecified atom stereocenters. The molecule has 0 aliphatic carbocycles. The van der Waals surface area contributed by atoms with Gasteiger partial charge in [-0.25, -0.2) is 0 Å². The number of piperidine rings is 1. The third-order valence-electron chi connectivity index (χ3n) is 3.64. The summed E-state index contributed by atoms with van der Waals surface area (Å²) in [6, 6.07) is 5.57. The predicted molar refractivity (Wildman–Crippen MR) is 73.7 cm³/mol. The van der Waals surface area contributed by atoms with Gasteiger partial charge in [0.2, 0.25) is 0 Å². The van der Waals surface area contributed by atoms with E-state index < -0.39 is 6.61 Å². The molecule has 1 saturated heterocycles. The van der Waals surface area contributed by atoms with E-state index in [0.717, 1.165) is 0 Å². The van der Waals surface area contributed by atoms with Crippen molar-refractivity contribution in [3.63, 3.8) is 0 Å². The van der Waals surface area contributed by atoms with Crippen LogP contribution in [-0.2, 0) is 9.53 Å². The van der Waals surface area contributed by atoms with Gasteiger partial charge in [0.05, 0.1) is 13.0 Å². The Morgan fingerprint density at radius 3 is 2.27 bits per heavy atom. The van der Waals surface area contributed by atoms with Gasteiger partial charge >= 0.3 is 12.6 Å². The van der Waals surface area contributed by atoms with Crippen molar-refractivity contribution in [1.29, 1.82) is 0 Å². The van der Waals surface area contributed by atoms with E-state index in [1.54, 1.807) is 4.90 Å². The molecule has 5 nitrogen and oxygen atoms in total. The summed E-state index contributed by atoms with van der Waals surface area (Å²) < 4.78 is 33.1. The number of likely N-dealkylation sites (tertiary alicyclic amines) is 1. The molecule has 1 aromatic carbocycles. The minimum Gasteiger partial charge on any atom is -0.469 e. The summed E-state index contributed by atoms with van der Waals surface area (Å²) in [5.74, 6) is -0.598. The second-order valence-electron chi connectivity index (χ2n) is 4.99. The Balaban J connectivity index is 1.93. The van der Waals surface area contributed by atoms with Crippen LogP contribution in [0.15, 0.2) is 24.3 Å². The maximum atomic E-state index is 12.3. The van der Waals surface area contributed by atoms with Gasteiger partial charge in [0.25, 0.3) is 5.91 Å². The highest BCUT2D eigenvalue weighted by Crippen LogP contribution is 2.21. The minimum absolute atomic E-state index is 0.0101. The molecule has 1 aliphatic rings. The van der Waals surface area contributed by atoms with Crippen molar-refractivity contribution in [2.24, 2.45) is 5.92 Å². The molecule has 0 spiro atoms. The number of carbonyl (C=O) groups is 2. The first kappa shape index (κ1) is 16.2. The Morgan fingerprint density at radius 1 is 1.18 bits per heavy atom. The zero-order valence-corrected chi connectivity index (χ0v) is 12.1. The average Bonchev–Trinajstić information content (AvgIpc) is 2.54. The third kappa shape index (κ3) is 3.93. The quantitative estimate of drug-likeness (QED) is 0.801. The predicted octanol–water partition coefficient (Wildman–Crippen LogP) is 2.31. The smallest absolute Gasteiger partial charge is 0.387 e. The number of hydrogen-bond acceptors (Lipinski definition) is 4. The van der Waals surface area contributed by atoms with Crippen LogP contribution >= 0.6 is 0 Å². The lowest BCUT2D eigenvalue weighted by atomic mass is 9.96. The number of rotatable bonds is 4. The normalized spacial score (nSPS) is 15.7. The third-order valence-corrected chi connectivity index (χ3v) is 3.64. The molecule has 120 valence electrons. The summed E-state index contributed by atoms with van der Waals surface area (Å²) >= 11 is 0. The second kappa shape index (κ2) is 7.20. The van der Waals surface area contributed by atoms with E-state index in [9.17, 15) is 18.4 Å². The zero-order chi connectivity index (χ0) is 16.1. The van der Waals surface area contributed by atoms with Gasteiger partial charge in [0.1, 0.15) is 5.75 Å². The molecule has 1 heterocycles. The lowest BCUT2D eigenvalue weighted by Gasteiger charge is -2.30. The molecule has 0 atom stereocenters. The Hall–Kier alpha value is -2.18. The number of methoxy groups -OCH3 is 1. The Bertz CT molecular complexity index is 525. The van der Waals surface area contributed by atoms with Crippen LogP contribution in [0.25, 0.3) is 0 Å². The first-order valence-electron chi connectivity index (χ1n) is 6.93. The van der Waals surface area contributed by atoms with Crippen LogP contribution in [0.5, 0.6) is 5.75 Å². The van der Waals surface area contributed by atoms with Crippen molar-refractivity contribution in [3.8, 4) is 5.75 Å². The molecular formula is C15H17F2NO4. The molecule has 7 heteroatoms. The fourth-order valence-corrected chi connectivity index (χ4v) is 2.45. The summed E-state index contributed by atoms with van der Waals surface area (Å²) in [6.45, 7) is -1.96. The van der Waals surface area contributed by atoms with Crippen molar-refractivity contribution in [3.05, 3.63) is 29.8 Å². The molecule has 0 bridgehead atoms. The van der Waals surface area contributed by atoms with Gasteiger partial charge in [-0.1, -0.05) is 0 Å². The summed E-state index contributed by atoms with van der Waals surface area (Å²) in [7, 11) is 1.35.